The second-order valence-corrected chi connectivity index (χ2v) is 9.62. The Hall–Kier alpha value is -3.16. The number of alkyl halides is 2. The highest BCUT2D eigenvalue weighted by Crippen LogP contribution is 2.38. The van der Waals surface area contributed by atoms with E-state index in [0.717, 1.165) is 27.8 Å². The molecule has 0 N–H and O–H groups in total. The van der Waals surface area contributed by atoms with Crippen LogP contribution in [0.1, 0.15) is 38.2 Å². The van der Waals surface area contributed by atoms with Crippen molar-refractivity contribution in [2.75, 3.05) is 24.5 Å². The minimum Gasteiger partial charge on any atom is -0.351 e. The molecule has 3 heterocycles. The Morgan fingerprint density at radius 1 is 1.03 bits per heavy atom. The monoisotopic (exact) mass is 465 g/mol. The number of hydrogen-bond acceptors (Lipinski definition) is 5. The number of halogens is 2. The fraction of sp³-hybridized carbons (Fsp3) is 0.462. The van der Waals surface area contributed by atoms with Crippen LogP contribution in [0, 0.1) is 12.8 Å². The van der Waals surface area contributed by atoms with E-state index in [1.807, 2.05) is 36.2 Å². The van der Waals surface area contributed by atoms with Gasteiger partial charge in [0.1, 0.15) is 5.69 Å². The molecule has 1 atom stereocenters. The van der Waals surface area contributed by atoms with Gasteiger partial charge >= 0.3 is 0 Å². The summed E-state index contributed by atoms with van der Waals surface area (Å²) >= 11 is 0. The number of amides is 1. The summed E-state index contributed by atoms with van der Waals surface area (Å²) in [5.74, 6) is -2.16. The number of nitrogens with zero attached hydrogens (tertiary/aromatic N) is 5. The summed E-state index contributed by atoms with van der Waals surface area (Å²) in [4.78, 5) is 21.4. The van der Waals surface area contributed by atoms with Crippen LogP contribution < -0.4 is 4.90 Å². The Morgan fingerprint density at radius 2 is 1.76 bits per heavy atom. The first-order valence-electron chi connectivity index (χ1n) is 11.9. The molecule has 1 aromatic carbocycles. The van der Waals surface area contributed by atoms with Crippen LogP contribution in [0.5, 0.6) is 0 Å². The Labute approximate surface area is 198 Å². The SMILES string of the molecule is Cc1ccc(-c2nnc(N3CCN(C(=O)C4CCC(F)(F)CC4)[C@@H](C)C3)c3cnccc23)cc1. The third-order valence-corrected chi connectivity index (χ3v) is 7.16. The Morgan fingerprint density at radius 3 is 2.47 bits per heavy atom. The van der Waals surface area contributed by atoms with Crippen molar-refractivity contribution in [3.8, 4) is 11.3 Å². The number of carbonyl (C=O) groups is 1. The van der Waals surface area contributed by atoms with E-state index < -0.39 is 5.92 Å². The Bertz CT molecular complexity index is 1190. The summed E-state index contributed by atoms with van der Waals surface area (Å²) in [6.07, 6.45) is 3.72. The van der Waals surface area contributed by atoms with Gasteiger partial charge in [-0.05, 0) is 32.8 Å². The molecular weight excluding hydrogens is 436 g/mol. The maximum absolute atomic E-state index is 13.5. The maximum atomic E-state index is 13.5. The van der Waals surface area contributed by atoms with Gasteiger partial charge in [0.15, 0.2) is 5.82 Å². The lowest BCUT2D eigenvalue weighted by molar-refractivity contribution is -0.142. The van der Waals surface area contributed by atoms with E-state index in [1.165, 1.54) is 5.56 Å². The van der Waals surface area contributed by atoms with E-state index in [9.17, 15) is 13.6 Å². The zero-order chi connectivity index (χ0) is 23.9. The van der Waals surface area contributed by atoms with Crippen molar-refractivity contribution in [1.82, 2.24) is 20.1 Å². The van der Waals surface area contributed by atoms with Crippen LogP contribution in [-0.2, 0) is 4.79 Å². The van der Waals surface area contributed by atoms with E-state index in [4.69, 9.17) is 0 Å². The highest BCUT2D eigenvalue weighted by molar-refractivity contribution is 5.99. The molecule has 1 saturated carbocycles. The molecule has 2 aliphatic rings. The zero-order valence-electron chi connectivity index (χ0n) is 19.5. The van der Waals surface area contributed by atoms with Crippen LogP contribution in [0.25, 0.3) is 22.0 Å². The number of hydrogen-bond donors (Lipinski definition) is 0. The molecule has 0 spiro atoms. The van der Waals surface area contributed by atoms with Crippen molar-refractivity contribution in [3.63, 3.8) is 0 Å². The first kappa shape index (κ1) is 22.6. The number of benzene rings is 1. The summed E-state index contributed by atoms with van der Waals surface area (Å²) in [6, 6.07) is 10.1. The van der Waals surface area contributed by atoms with Crippen LogP contribution in [0.3, 0.4) is 0 Å². The third-order valence-electron chi connectivity index (χ3n) is 7.16. The molecule has 1 amide bonds. The van der Waals surface area contributed by atoms with E-state index in [0.29, 0.717) is 19.6 Å². The van der Waals surface area contributed by atoms with Gasteiger partial charge in [-0.15, -0.1) is 10.2 Å². The summed E-state index contributed by atoms with van der Waals surface area (Å²) in [7, 11) is 0. The molecule has 6 nitrogen and oxygen atoms in total. The summed E-state index contributed by atoms with van der Waals surface area (Å²) < 4.78 is 27.1. The number of anilines is 1. The second-order valence-electron chi connectivity index (χ2n) is 9.62. The van der Waals surface area contributed by atoms with Gasteiger partial charge in [-0.25, -0.2) is 8.78 Å². The number of fused-ring (bicyclic) bond motifs is 1. The van der Waals surface area contributed by atoms with Crippen LogP contribution in [0.15, 0.2) is 42.7 Å². The topological polar surface area (TPSA) is 62.2 Å². The number of carbonyl (C=O) groups excluding carboxylic acids is 1. The molecule has 5 rings (SSSR count). The van der Waals surface area contributed by atoms with E-state index in [-0.39, 0.29) is 43.6 Å². The second kappa shape index (κ2) is 8.89. The van der Waals surface area contributed by atoms with E-state index in [2.05, 4.69) is 39.1 Å². The molecule has 2 fully saturated rings. The van der Waals surface area contributed by atoms with Crippen molar-refractivity contribution in [2.45, 2.75) is 51.5 Å². The van der Waals surface area contributed by atoms with Crippen LogP contribution >= 0.6 is 0 Å². The lowest BCUT2D eigenvalue weighted by Crippen LogP contribution is -2.56. The molecule has 1 aliphatic carbocycles. The lowest BCUT2D eigenvalue weighted by atomic mass is 9.85. The first-order chi connectivity index (χ1) is 16.3. The van der Waals surface area contributed by atoms with Gasteiger partial charge < -0.3 is 9.80 Å². The van der Waals surface area contributed by atoms with Crippen molar-refractivity contribution >= 4 is 22.5 Å². The number of aryl methyl sites for hydroxylation is 1. The molecule has 178 valence electrons. The van der Waals surface area contributed by atoms with Crippen molar-refractivity contribution < 1.29 is 13.6 Å². The van der Waals surface area contributed by atoms with Gasteiger partial charge in [0, 0.05) is 73.2 Å². The van der Waals surface area contributed by atoms with Crippen molar-refractivity contribution in [3.05, 3.63) is 48.3 Å². The van der Waals surface area contributed by atoms with Crippen LogP contribution in [0.4, 0.5) is 14.6 Å². The van der Waals surface area contributed by atoms with Gasteiger partial charge in [-0.2, -0.15) is 0 Å². The van der Waals surface area contributed by atoms with Gasteiger partial charge in [0.25, 0.3) is 0 Å². The molecule has 8 heteroatoms. The molecule has 2 aromatic heterocycles. The van der Waals surface area contributed by atoms with E-state index in [1.54, 1.807) is 6.20 Å². The summed E-state index contributed by atoms with van der Waals surface area (Å²) in [6.45, 7) is 5.82. The molecule has 0 radical (unpaired) electrons. The third kappa shape index (κ3) is 4.33. The predicted molar refractivity (Wildman–Crippen MR) is 128 cm³/mol. The molecule has 0 bridgehead atoms. The zero-order valence-corrected chi connectivity index (χ0v) is 19.5. The number of rotatable bonds is 3. The summed E-state index contributed by atoms with van der Waals surface area (Å²) in [5.41, 5.74) is 3.00. The predicted octanol–water partition coefficient (Wildman–Crippen LogP) is 4.86. The first-order valence-corrected chi connectivity index (χ1v) is 11.9. The molecule has 34 heavy (non-hydrogen) atoms. The van der Waals surface area contributed by atoms with Crippen molar-refractivity contribution in [1.29, 1.82) is 0 Å². The Balaban J connectivity index is 1.36. The van der Waals surface area contributed by atoms with Crippen molar-refractivity contribution in [2.24, 2.45) is 5.92 Å². The number of pyridine rings is 1. The fourth-order valence-corrected chi connectivity index (χ4v) is 5.14. The van der Waals surface area contributed by atoms with Crippen LogP contribution in [-0.4, -0.2) is 57.6 Å². The highest BCUT2D eigenvalue weighted by atomic mass is 19.3. The minimum atomic E-state index is -2.63. The largest absolute Gasteiger partial charge is 0.351 e. The van der Waals surface area contributed by atoms with Gasteiger partial charge in [-0.3, -0.25) is 9.78 Å². The molecular formula is C26H29F2N5O. The quantitative estimate of drug-likeness (QED) is 0.553. The summed E-state index contributed by atoms with van der Waals surface area (Å²) in [5, 5.41) is 11.1. The smallest absolute Gasteiger partial charge is 0.248 e. The number of piperazine rings is 1. The van der Waals surface area contributed by atoms with E-state index >= 15 is 0 Å². The molecule has 1 aliphatic heterocycles. The average molecular weight is 466 g/mol. The minimum absolute atomic E-state index is 0.00924. The highest BCUT2D eigenvalue weighted by Gasteiger charge is 2.40. The fourth-order valence-electron chi connectivity index (χ4n) is 5.14. The number of aromatic nitrogens is 3. The molecule has 0 unspecified atom stereocenters. The van der Waals surface area contributed by atoms with Crippen LogP contribution in [0.2, 0.25) is 0 Å². The molecule has 1 saturated heterocycles. The lowest BCUT2D eigenvalue weighted by Gasteiger charge is -2.42. The van der Waals surface area contributed by atoms with Gasteiger partial charge in [0.2, 0.25) is 11.8 Å². The van der Waals surface area contributed by atoms with Gasteiger partial charge in [-0.1, -0.05) is 29.8 Å². The normalized spacial score (nSPS) is 21.1. The molecule has 3 aromatic rings. The standard InChI is InChI=1S/C26H29F2N5O/c1-17-3-5-19(6-4-17)23-21-9-12-29-15-22(21)24(31-30-23)32-13-14-33(18(2)16-32)25(34)20-7-10-26(27,28)11-8-20/h3-6,9,12,15,18,20H,7-8,10-11,13-14,16H2,1-2H3/t18-/m0/s1. The maximum Gasteiger partial charge on any atom is 0.248 e. The van der Waals surface area contributed by atoms with Gasteiger partial charge in [0.05, 0.1) is 0 Å². The average Bonchev–Trinajstić information content (AvgIpc) is 2.83. The Kier molecular flexibility index (Phi) is 5.91.